The molecule has 0 spiro atoms. The Kier molecular flexibility index (Phi) is 7.61. The van der Waals surface area contributed by atoms with Crippen molar-refractivity contribution in [1.82, 2.24) is 10.6 Å². The maximum Gasteiger partial charge on any atom is 0.314 e. The fraction of sp³-hybridized carbons (Fsp3) is 0.562. The molecule has 1 aromatic carbocycles. The Bertz CT molecular complexity index is 461. The van der Waals surface area contributed by atoms with E-state index in [-0.39, 0.29) is 6.03 Å². The first-order valence-electron chi connectivity index (χ1n) is 7.26. The van der Waals surface area contributed by atoms with Crippen LogP contribution in [0.4, 0.5) is 4.79 Å². The molecule has 0 aliphatic heterocycles. The lowest BCUT2D eigenvalue weighted by molar-refractivity contribution is 0.193. The van der Waals surface area contributed by atoms with Gasteiger partial charge in [0.15, 0.2) is 0 Å². The predicted molar refractivity (Wildman–Crippen MR) is 84.0 cm³/mol. The highest BCUT2D eigenvalue weighted by atomic mass is 16.5. The number of urea groups is 1. The SMILES string of the molecule is COCCCNC(=O)NCCOc1c(C)ccc(C)c1C. The van der Waals surface area contributed by atoms with Gasteiger partial charge in [-0.15, -0.1) is 0 Å². The van der Waals surface area contributed by atoms with E-state index in [1.54, 1.807) is 7.11 Å². The molecule has 0 bridgehead atoms. The van der Waals surface area contributed by atoms with E-state index in [0.717, 1.165) is 23.3 Å². The molecule has 5 nitrogen and oxygen atoms in total. The molecule has 0 fully saturated rings. The van der Waals surface area contributed by atoms with Crippen molar-refractivity contribution >= 4 is 6.03 Å². The fourth-order valence-electron chi connectivity index (χ4n) is 1.95. The lowest BCUT2D eigenvalue weighted by atomic mass is 10.1. The highest BCUT2D eigenvalue weighted by molar-refractivity contribution is 5.73. The molecule has 0 atom stereocenters. The van der Waals surface area contributed by atoms with Gasteiger partial charge in [-0.1, -0.05) is 12.1 Å². The standard InChI is InChI=1S/C16H26N2O3/c1-12-6-7-13(2)15(14(12)3)21-11-9-18-16(19)17-8-5-10-20-4/h6-7H,5,8-11H2,1-4H3,(H2,17,18,19). The van der Waals surface area contributed by atoms with Crippen LogP contribution in [0.5, 0.6) is 5.75 Å². The van der Waals surface area contributed by atoms with E-state index in [0.29, 0.717) is 26.3 Å². The number of hydrogen-bond acceptors (Lipinski definition) is 3. The van der Waals surface area contributed by atoms with Crippen LogP contribution in [-0.4, -0.2) is 39.4 Å². The van der Waals surface area contributed by atoms with Gasteiger partial charge in [-0.25, -0.2) is 4.79 Å². The smallest absolute Gasteiger partial charge is 0.314 e. The molecule has 0 saturated carbocycles. The summed E-state index contributed by atoms with van der Waals surface area (Å²) >= 11 is 0. The first kappa shape index (κ1) is 17.3. The Morgan fingerprint density at radius 1 is 1.05 bits per heavy atom. The Balaban J connectivity index is 2.25. The molecule has 2 N–H and O–H groups in total. The normalized spacial score (nSPS) is 10.3. The molecule has 5 heteroatoms. The summed E-state index contributed by atoms with van der Waals surface area (Å²) in [5.41, 5.74) is 3.47. The van der Waals surface area contributed by atoms with Gasteiger partial charge in [0.05, 0.1) is 6.54 Å². The molecule has 0 aromatic heterocycles. The van der Waals surface area contributed by atoms with Crippen molar-refractivity contribution < 1.29 is 14.3 Å². The van der Waals surface area contributed by atoms with E-state index in [2.05, 4.69) is 23.6 Å². The number of aryl methyl sites for hydroxylation is 2. The van der Waals surface area contributed by atoms with Crippen LogP contribution in [0, 0.1) is 20.8 Å². The quantitative estimate of drug-likeness (QED) is 0.723. The van der Waals surface area contributed by atoms with E-state index in [1.165, 1.54) is 5.56 Å². The van der Waals surface area contributed by atoms with Gasteiger partial charge in [0.2, 0.25) is 0 Å². The van der Waals surface area contributed by atoms with Crippen LogP contribution in [0.25, 0.3) is 0 Å². The van der Waals surface area contributed by atoms with Gasteiger partial charge in [0, 0.05) is 20.3 Å². The summed E-state index contributed by atoms with van der Waals surface area (Å²) in [4.78, 5) is 11.5. The minimum absolute atomic E-state index is 0.174. The fourth-order valence-corrected chi connectivity index (χ4v) is 1.95. The molecular weight excluding hydrogens is 268 g/mol. The second-order valence-electron chi connectivity index (χ2n) is 5.03. The summed E-state index contributed by atoms with van der Waals surface area (Å²) in [7, 11) is 1.65. The van der Waals surface area contributed by atoms with E-state index >= 15 is 0 Å². The van der Waals surface area contributed by atoms with Crippen molar-refractivity contribution in [2.45, 2.75) is 27.2 Å². The molecule has 0 heterocycles. The number of benzene rings is 1. The Morgan fingerprint density at radius 3 is 2.43 bits per heavy atom. The average Bonchev–Trinajstić information content (AvgIpc) is 2.47. The number of carbonyl (C=O) groups is 1. The monoisotopic (exact) mass is 294 g/mol. The van der Waals surface area contributed by atoms with Crippen LogP contribution in [-0.2, 0) is 4.74 Å². The van der Waals surface area contributed by atoms with Crippen molar-refractivity contribution in [3.63, 3.8) is 0 Å². The minimum atomic E-state index is -0.174. The van der Waals surface area contributed by atoms with Crippen molar-refractivity contribution in [2.24, 2.45) is 0 Å². The highest BCUT2D eigenvalue weighted by Crippen LogP contribution is 2.25. The summed E-state index contributed by atoms with van der Waals surface area (Å²) in [6.45, 7) is 8.32. The number of methoxy groups -OCH3 is 1. The van der Waals surface area contributed by atoms with E-state index < -0.39 is 0 Å². The molecule has 0 saturated heterocycles. The number of hydrogen-bond donors (Lipinski definition) is 2. The second kappa shape index (κ2) is 9.23. The van der Waals surface area contributed by atoms with E-state index in [9.17, 15) is 4.79 Å². The van der Waals surface area contributed by atoms with Gasteiger partial charge < -0.3 is 20.1 Å². The number of rotatable bonds is 8. The Morgan fingerprint density at radius 2 is 1.71 bits per heavy atom. The molecule has 0 aliphatic rings. The second-order valence-corrected chi connectivity index (χ2v) is 5.03. The first-order valence-corrected chi connectivity index (χ1v) is 7.26. The molecule has 21 heavy (non-hydrogen) atoms. The zero-order valence-corrected chi connectivity index (χ0v) is 13.4. The van der Waals surface area contributed by atoms with Gasteiger partial charge in [0.1, 0.15) is 12.4 Å². The summed E-state index contributed by atoms with van der Waals surface area (Å²) in [5.74, 6) is 0.914. The average molecular weight is 294 g/mol. The third kappa shape index (κ3) is 6.04. The molecule has 0 radical (unpaired) electrons. The predicted octanol–water partition coefficient (Wildman–Crippen LogP) is 2.33. The van der Waals surface area contributed by atoms with Crippen molar-refractivity contribution in [1.29, 1.82) is 0 Å². The van der Waals surface area contributed by atoms with Gasteiger partial charge in [0.25, 0.3) is 0 Å². The number of carbonyl (C=O) groups excluding carboxylic acids is 1. The van der Waals surface area contributed by atoms with Gasteiger partial charge >= 0.3 is 6.03 Å². The summed E-state index contributed by atoms with van der Waals surface area (Å²) < 4.78 is 10.7. The molecule has 1 aromatic rings. The number of nitrogens with one attached hydrogen (secondary N) is 2. The highest BCUT2D eigenvalue weighted by Gasteiger charge is 2.06. The topological polar surface area (TPSA) is 59.6 Å². The van der Waals surface area contributed by atoms with Crippen LogP contribution in [0.3, 0.4) is 0 Å². The Labute approximate surface area is 127 Å². The maximum absolute atomic E-state index is 11.5. The van der Waals surface area contributed by atoms with Crippen molar-refractivity contribution in [3.05, 3.63) is 28.8 Å². The van der Waals surface area contributed by atoms with E-state index in [4.69, 9.17) is 9.47 Å². The van der Waals surface area contributed by atoms with Gasteiger partial charge in [-0.05, 0) is 43.9 Å². The van der Waals surface area contributed by atoms with Crippen LogP contribution >= 0.6 is 0 Å². The molecule has 118 valence electrons. The first-order chi connectivity index (χ1) is 10.1. The zero-order valence-electron chi connectivity index (χ0n) is 13.4. The Hall–Kier alpha value is -1.75. The van der Waals surface area contributed by atoms with Gasteiger partial charge in [-0.2, -0.15) is 0 Å². The third-order valence-corrected chi connectivity index (χ3v) is 3.32. The van der Waals surface area contributed by atoms with Crippen molar-refractivity contribution in [3.8, 4) is 5.75 Å². The zero-order chi connectivity index (χ0) is 15.7. The lowest BCUT2D eigenvalue weighted by Gasteiger charge is -2.14. The summed E-state index contributed by atoms with van der Waals surface area (Å²) in [6.07, 6.45) is 0.808. The van der Waals surface area contributed by atoms with E-state index in [1.807, 2.05) is 19.9 Å². The molecular formula is C16H26N2O3. The lowest BCUT2D eigenvalue weighted by Crippen LogP contribution is -2.38. The number of ether oxygens (including phenoxy) is 2. The molecule has 0 unspecified atom stereocenters. The van der Waals surface area contributed by atoms with Gasteiger partial charge in [-0.3, -0.25) is 0 Å². The molecule has 0 aliphatic carbocycles. The number of amides is 2. The minimum Gasteiger partial charge on any atom is -0.491 e. The summed E-state index contributed by atoms with van der Waals surface area (Å²) in [5, 5.41) is 5.53. The molecule has 2 amide bonds. The maximum atomic E-state index is 11.5. The molecule has 1 rings (SSSR count). The van der Waals surface area contributed by atoms with Crippen molar-refractivity contribution in [2.75, 3.05) is 33.4 Å². The van der Waals surface area contributed by atoms with Crippen LogP contribution in [0.1, 0.15) is 23.1 Å². The third-order valence-electron chi connectivity index (χ3n) is 3.32. The van der Waals surface area contributed by atoms with Crippen LogP contribution in [0.15, 0.2) is 12.1 Å². The summed E-state index contributed by atoms with van der Waals surface area (Å²) in [6, 6.07) is 3.96. The largest absolute Gasteiger partial charge is 0.491 e. The van der Waals surface area contributed by atoms with Crippen LogP contribution < -0.4 is 15.4 Å². The van der Waals surface area contributed by atoms with Crippen LogP contribution in [0.2, 0.25) is 0 Å².